The number of carboxylic acid groups (broad SMARTS) is 1. The molecule has 1 N–H and O–H groups in total. The molecule has 20 heavy (non-hydrogen) atoms. The van der Waals surface area contributed by atoms with E-state index in [0.29, 0.717) is 17.9 Å². The lowest BCUT2D eigenvalue weighted by atomic mass is 10.2. The van der Waals surface area contributed by atoms with E-state index >= 15 is 0 Å². The molecule has 0 aliphatic heterocycles. The van der Waals surface area contributed by atoms with Gasteiger partial charge in [0.25, 0.3) is 0 Å². The van der Waals surface area contributed by atoms with Gasteiger partial charge in [0.15, 0.2) is 0 Å². The molecule has 0 saturated heterocycles. The van der Waals surface area contributed by atoms with Crippen LogP contribution in [0.25, 0.3) is 6.08 Å². The molecule has 0 atom stereocenters. The number of hydrogen-bond donors (Lipinski definition) is 1. The molecule has 0 aliphatic carbocycles. The predicted molar refractivity (Wildman–Crippen MR) is 76.6 cm³/mol. The second-order valence-corrected chi connectivity index (χ2v) is 4.90. The van der Waals surface area contributed by atoms with Gasteiger partial charge >= 0.3 is 5.97 Å². The quantitative estimate of drug-likeness (QED) is 0.827. The van der Waals surface area contributed by atoms with E-state index in [1.165, 1.54) is 23.8 Å². The molecule has 0 fully saturated rings. The van der Waals surface area contributed by atoms with E-state index < -0.39 is 11.8 Å². The fourth-order valence-corrected chi connectivity index (χ4v) is 2.36. The first-order valence-electron chi connectivity index (χ1n) is 5.99. The van der Waals surface area contributed by atoms with E-state index in [4.69, 9.17) is 9.84 Å². The van der Waals surface area contributed by atoms with Gasteiger partial charge in [-0.1, -0.05) is 0 Å². The Labute approximate surface area is 119 Å². The van der Waals surface area contributed by atoms with Crippen LogP contribution in [0.15, 0.2) is 41.1 Å². The first-order valence-corrected chi connectivity index (χ1v) is 6.93. The van der Waals surface area contributed by atoms with Crippen LogP contribution in [-0.2, 0) is 11.2 Å². The van der Waals surface area contributed by atoms with Crippen molar-refractivity contribution >= 4 is 23.4 Å². The van der Waals surface area contributed by atoms with Gasteiger partial charge < -0.3 is 9.84 Å². The van der Waals surface area contributed by atoms with Crippen LogP contribution in [0.1, 0.15) is 11.1 Å². The van der Waals surface area contributed by atoms with Crippen molar-refractivity contribution in [3.8, 4) is 5.75 Å². The molecule has 0 radical (unpaired) electrons. The van der Waals surface area contributed by atoms with E-state index in [0.717, 1.165) is 12.5 Å². The fraction of sp³-hybridized carbons (Fsp3) is 0.133. The molecule has 1 aromatic heterocycles. The van der Waals surface area contributed by atoms with Gasteiger partial charge in [-0.2, -0.15) is 11.3 Å². The summed E-state index contributed by atoms with van der Waals surface area (Å²) in [6, 6.07) is 6.16. The Morgan fingerprint density at radius 2 is 2.25 bits per heavy atom. The highest BCUT2D eigenvalue weighted by Crippen LogP contribution is 2.18. The summed E-state index contributed by atoms with van der Waals surface area (Å²) in [5.41, 5.74) is 1.63. The molecule has 0 bridgehead atoms. The Morgan fingerprint density at radius 1 is 1.40 bits per heavy atom. The average Bonchev–Trinajstić information content (AvgIpc) is 2.89. The Balaban J connectivity index is 1.98. The summed E-state index contributed by atoms with van der Waals surface area (Å²) < 4.78 is 18.9. The maximum Gasteiger partial charge on any atom is 0.328 e. The topological polar surface area (TPSA) is 46.5 Å². The summed E-state index contributed by atoms with van der Waals surface area (Å²) in [6.45, 7) is 0.447. The Morgan fingerprint density at radius 3 is 2.95 bits per heavy atom. The highest BCUT2D eigenvalue weighted by molar-refractivity contribution is 7.07. The summed E-state index contributed by atoms with van der Waals surface area (Å²) in [4.78, 5) is 10.4. The molecule has 0 amide bonds. The second kappa shape index (κ2) is 6.86. The minimum atomic E-state index is -1.07. The van der Waals surface area contributed by atoms with Crippen molar-refractivity contribution in [1.82, 2.24) is 0 Å². The number of carbonyl (C=O) groups is 1. The Hall–Kier alpha value is -2.14. The van der Waals surface area contributed by atoms with Crippen molar-refractivity contribution in [1.29, 1.82) is 0 Å². The second-order valence-electron chi connectivity index (χ2n) is 4.12. The SMILES string of the molecule is O=C(O)/C=C/c1cc(F)cc(OCCc2ccsc2)c1. The van der Waals surface area contributed by atoms with Crippen molar-refractivity contribution in [2.24, 2.45) is 0 Å². The van der Waals surface area contributed by atoms with Crippen molar-refractivity contribution in [2.75, 3.05) is 6.61 Å². The number of thiophene rings is 1. The molecular weight excluding hydrogens is 279 g/mol. The molecule has 0 aliphatic rings. The monoisotopic (exact) mass is 292 g/mol. The van der Waals surface area contributed by atoms with Crippen LogP contribution in [-0.4, -0.2) is 17.7 Å². The lowest BCUT2D eigenvalue weighted by molar-refractivity contribution is -0.131. The summed E-state index contributed by atoms with van der Waals surface area (Å²) in [5.74, 6) is -1.14. The lowest BCUT2D eigenvalue weighted by Gasteiger charge is -2.06. The van der Waals surface area contributed by atoms with Crippen LogP contribution in [0.3, 0.4) is 0 Å². The van der Waals surface area contributed by atoms with Gasteiger partial charge in [-0.15, -0.1) is 0 Å². The molecule has 1 aromatic carbocycles. The van der Waals surface area contributed by atoms with Crippen LogP contribution in [0.2, 0.25) is 0 Å². The van der Waals surface area contributed by atoms with Crippen molar-refractivity contribution < 1.29 is 19.0 Å². The van der Waals surface area contributed by atoms with Gasteiger partial charge in [0.2, 0.25) is 0 Å². The number of hydrogen-bond acceptors (Lipinski definition) is 3. The minimum absolute atomic E-state index is 0.394. The zero-order valence-corrected chi connectivity index (χ0v) is 11.4. The third-order valence-corrected chi connectivity index (χ3v) is 3.28. The molecule has 5 heteroatoms. The molecule has 104 valence electrons. The normalized spacial score (nSPS) is 10.8. The van der Waals surface area contributed by atoms with E-state index in [1.54, 1.807) is 17.4 Å². The summed E-state index contributed by atoms with van der Waals surface area (Å²) >= 11 is 1.62. The zero-order chi connectivity index (χ0) is 14.4. The maximum absolute atomic E-state index is 13.4. The number of halogens is 1. The molecule has 0 spiro atoms. The van der Waals surface area contributed by atoms with Gasteiger partial charge in [0.05, 0.1) is 6.61 Å². The lowest BCUT2D eigenvalue weighted by Crippen LogP contribution is -2.01. The highest BCUT2D eigenvalue weighted by Gasteiger charge is 2.01. The van der Waals surface area contributed by atoms with Crippen molar-refractivity contribution in [2.45, 2.75) is 6.42 Å². The fourth-order valence-electron chi connectivity index (χ4n) is 1.65. The van der Waals surface area contributed by atoms with Crippen LogP contribution in [0.4, 0.5) is 4.39 Å². The third-order valence-electron chi connectivity index (χ3n) is 2.55. The molecule has 1 heterocycles. The zero-order valence-electron chi connectivity index (χ0n) is 10.6. The summed E-state index contributed by atoms with van der Waals surface area (Å²) in [6.07, 6.45) is 3.04. The van der Waals surface area contributed by atoms with Gasteiger partial charge in [0.1, 0.15) is 11.6 Å². The third kappa shape index (κ3) is 4.51. The van der Waals surface area contributed by atoms with Gasteiger partial charge in [-0.3, -0.25) is 0 Å². The Kier molecular flexibility index (Phi) is 4.90. The van der Waals surface area contributed by atoms with Gasteiger partial charge in [0, 0.05) is 18.6 Å². The number of aliphatic carboxylic acids is 1. The molecule has 2 aromatic rings. The predicted octanol–water partition coefficient (Wildman–Crippen LogP) is 3.61. The largest absolute Gasteiger partial charge is 0.493 e. The number of benzene rings is 1. The van der Waals surface area contributed by atoms with Crippen LogP contribution >= 0.6 is 11.3 Å². The van der Waals surface area contributed by atoms with E-state index in [9.17, 15) is 9.18 Å². The minimum Gasteiger partial charge on any atom is -0.493 e. The van der Waals surface area contributed by atoms with Crippen LogP contribution < -0.4 is 4.74 Å². The Bertz CT molecular complexity index is 606. The number of rotatable bonds is 6. The molecule has 0 saturated carbocycles. The van der Waals surface area contributed by atoms with E-state index in [2.05, 4.69) is 0 Å². The first-order chi connectivity index (χ1) is 9.63. The van der Waals surface area contributed by atoms with Crippen molar-refractivity contribution in [3.05, 3.63) is 58.0 Å². The smallest absolute Gasteiger partial charge is 0.328 e. The number of carboxylic acids is 1. The molecule has 2 rings (SSSR count). The standard InChI is InChI=1S/C15H13FO3S/c16-13-7-12(1-2-15(17)18)8-14(9-13)19-5-3-11-4-6-20-10-11/h1-2,4,6-10H,3,5H2,(H,17,18)/b2-1+. The molecular formula is C15H13FO3S. The number of ether oxygens (including phenoxy) is 1. The summed E-state index contributed by atoms with van der Waals surface area (Å²) in [7, 11) is 0. The van der Waals surface area contributed by atoms with Crippen LogP contribution in [0.5, 0.6) is 5.75 Å². The summed E-state index contributed by atoms with van der Waals surface area (Å²) in [5, 5.41) is 12.6. The van der Waals surface area contributed by atoms with Gasteiger partial charge in [-0.25, -0.2) is 9.18 Å². The van der Waals surface area contributed by atoms with E-state index in [-0.39, 0.29) is 0 Å². The highest BCUT2D eigenvalue weighted by atomic mass is 32.1. The molecule has 0 unspecified atom stereocenters. The average molecular weight is 292 g/mol. The van der Waals surface area contributed by atoms with Crippen molar-refractivity contribution in [3.63, 3.8) is 0 Å². The van der Waals surface area contributed by atoms with Crippen LogP contribution in [0, 0.1) is 5.82 Å². The first kappa shape index (κ1) is 14.3. The molecule has 3 nitrogen and oxygen atoms in total. The maximum atomic E-state index is 13.4. The van der Waals surface area contributed by atoms with E-state index in [1.807, 2.05) is 16.8 Å². The van der Waals surface area contributed by atoms with Gasteiger partial charge in [-0.05, 0) is 46.2 Å².